The zero-order valence-corrected chi connectivity index (χ0v) is 17.4. The largest absolute Gasteiger partial charge is 0.418 e. The zero-order chi connectivity index (χ0) is 21.9. The molecule has 1 amide bonds. The molecule has 3 rings (SSSR count). The molecule has 0 saturated carbocycles. The van der Waals surface area contributed by atoms with E-state index in [9.17, 15) is 18.0 Å². The second-order valence-corrected chi connectivity index (χ2v) is 7.80. The Kier molecular flexibility index (Phi) is 6.82. The molecule has 2 aromatic rings. The van der Waals surface area contributed by atoms with Gasteiger partial charge in [-0.25, -0.2) is 0 Å². The number of anilines is 2. The number of hydrogen-bond acceptors (Lipinski definition) is 5. The summed E-state index contributed by atoms with van der Waals surface area (Å²) in [7, 11) is 1.78. The van der Waals surface area contributed by atoms with Gasteiger partial charge < -0.3 is 10.2 Å². The average molecular weight is 442 g/mol. The van der Waals surface area contributed by atoms with Crippen molar-refractivity contribution in [1.82, 2.24) is 15.1 Å². The van der Waals surface area contributed by atoms with Crippen LogP contribution in [-0.4, -0.2) is 53.2 Å². The summed E-state index contributed by atoms with van der Waals surface area (Å²) in [5.74, 6) is 0.260. The van der Waals surface area contributed by atoms with E-state index in [1.165, 1.54) is 12.1 Å². The highest BCUT2D eigenvalue weighted by molar-refractivity contribution is 6.30. The van der Waals surface area contributed by atoms with Crippen LogP contribution in [0.15, 0.2) is 36.5 Å². The van der Waals surface area contributed by atoms with Gasteiger partial charge in [-0.1, -0.05) is 11.6 Å². The van der Waals surface area contributed by atoms with E-state index in [4.69, 9.17) is 11.6 Å². The van der Waals surface area contributed by atoms with E-state index in [-0.39, 0.29) is 16.8 Å². The van der Waals surface area contributed by atoms with E-state index in [1.54, 1.807) is 20.2 Å². The van der Waals surface area contributed by atoms with Gasteiger partial charge in [0.2, 0.25) is 5.91 Å². The minimum absolute atomic E-state index is 0.0455. The third-order valence-electron chi connectivity index (χ3n) is 5.31. The summed E-state index contributed by atoms with van der Waals surface area (Å²) in [6, 6.07) is 6.51. The Morgan fingerprint density at radius 1 is 1.40 bits per heavy atom. The van der Waals surface area contributed by atoms with Crippen molar-refractivity contribution < 1.29 is 18.0 Å². The number of carbonyl (C=O) groups excluding carboxylic acids is 1. The maximum atomic E-state index is 13.3. The number of alkyl halides is 3. The second kappa shape index (κ2) is 9.18. The monoisotopic (exact) mass is 441 g/mol. The number of amides is 1. The highest BCUT2D eigenvalue weighted by Crippen LogP contribution is 2.36. The number of rotatable bonds is 6. The van der Waals surface area contributed by atoms with E-state index in [1.807, 2.05) is 17.0 Å². The lowest BCUT2D eigenvalue weighted by molar-refractivity contribution is -0.137. The first-order valence-corrected chi connectivity index (χ1v) is 9.97. The minimum Gasteiger partial charge on any atom is -0.351 e. The fraction of sp³-hybridized carbons (Fsp3) is 0.450. The maximum absolute atomic E-state index is 13.3. The fourth-order valence-corrected chi connectivity index (χ4v) is 3.73. The van der Waals surface area contributed by atoms with Gasteiger partial charge in [-0.3, -0.25) is 9.69 Å². The molecular weight excluding hydrogens is 419 g/mol. The zero-order valence-electron chi connectivity index (χ0n) is 16.7. The van der Waals surface area contributed by atoms with Crippen LogP contribution in [0.25, 0.3) is 0 Å². The molecule has 0 aliphatic carbocycles. The SMILES string of the molecule is CC(C(=O)Nc1ccc(Cl)cc1C(F)(F)F)N(C)CC1CCCN1c1cccnn1. The van der Waals surface area contributed by atoms with Crippen molar-refractivity contribution in [1.29, 1.82) is 0 Å². The Bertz CT molecular complexity index is 880. The minimum atomic E-state index is -4.62. The fourth-order valence-electron chi connectivity index (χ4n) is 3.56. The molecule has 0 spiro atoms. The Morgan fingerprint density at radius 3 is 2.83 bits per heavy atom. The number of halogens is 4. The lowest BCUT2D eigenvalue weighted by Crippen LogP contribution is -2.46. The average Bonchev–Trinajstić information content (AvgIpc) is 3.16. The van der Waals surface area contributed by atoms with Gasteiger partial charge in [0.25, 0.3) is 0 Å². The Hall–Kier alpha value is -2.39. The predicted molar refractivity (Wildman–Crippen MR) is 110 cm³/mol. The number of carbonyl (C=O) groups is 1. The second-order valence-electron chi connectivity index (χ2n) is 7.36. The summed E-state index contributed by atoms with van der Waals surface area (Å²) in [5, 5.41) is 10.4. The molecule has 30 heavy (non-hydrogen) atoms. The summed E-state index contributed by atoms with van der Waals surface area (Å²) in [4.78, 5) is 16.6. The summed E-state index contributed by atoms with van der Waals surface area (Å²) < 4.78 is 39.8. The van der Waals surface area contributed by atoms with E-state index in [0.717, 1.165) is 31.3 Å². The Labute approximate surface area is 178 Å². The highest BCUT2D eigenvalue weighted by atomic mass is 35.5. The van der Waals surface area contributed by atoms with Crippen LogP contribution >= 0.6 is 11.6 Å². The van der Waals surface area contributed by atoms with Gasteiger partial charge in [0.15, 0.2) is 5.82 Å². The van der Waals surface area contributed by atoms with Crippen LogP contribution in [0.1, 0.15) is 25.3 Å². The third-order valence-corrected chi connectivity index (χ3v) is 5.55. The molecule has 0 radical (unpaired) electrons. The standard InChI is InChI=1S/C20H23ClF3N5O/c1-13(19(30)26-17-8-7-14(21)11-16(17)20(22,23)24)28(2)12-15-5-4-10-29(15)18-6-3-9-25-27-18/h3,6-9,11,13,15H,4-5,10,12H2,1-2H3,(H,26,30). The third kappa shape index (κ3) is 5.20. The van der Waals surface area contributed by atoms with Gasteiger partial charge in [-0.2, -0.15) is 18.3 Å². The molecular formula is C20H23ClF3N5O. The predicted octanol–water partition coefficient (Wildman–Crippen LogP) is 4.08. The number of likely N-dealkylation sites (N-methyl/N-ethyl adjacent to an activating group) is 1. The molecule has 1 N–H and O–H groups in total. The molecule has 6 nitrogen and oxygen atoms in total. The van der Waals surface area contributed by atoms with Gasteiger partial charge in [-0.05, 0) is 57.1 Å². The van der Waals surface area contributed by atoms with Crippen molar-refractivity contribution in [3.63, 3.8) is 0 Å². The van der Waals surface area contributed by atoms with E-state index < -0.39 is 23.7 Å². The van der Waals surface area contributed by atoms with Crippen molar-refractivity contribution in [2.24, 2.45) is 0 Å². The van der Waals surface area contributed by atoms with E-state index >= 15 is 0 Å². The van der Waals surface area contributed by atoms with Crippen LogP contribution in [0.4, 0.5) is 24.7 Å². The Morgan fingerprint density at radius 2 is 2.17 bits per heavy atom. The Balaban J connectivity index is 1.67. The van der Waals surface area contributed by atoms with Gasteiger partial charge in [-0.15, -0.1) is 5.10 Å². The molecule has 1 aromatic carbocycles. The first kappa shape index (κ1) is 22.3. The molecule has 2 atom stereocenters. The molecule has 10 heteroatoms. The molecule has 1 aliphatic rings. The summed E-state index contributed by atoms with van der Waals surface area (Å²) in [6.45, 7) is 3.08. The van der Waals surface area contributed by atoms with Crippen LogP contribution in [0.5, 0.6) is 0 Å². The first-order valence-electron chi connectivity index (χ1n) is 9.59. The van der Waals surface area contributed by atoms with Gasteiger partial charge in [0.05, 0.1) is 17.3 Å². The van der Waals surface area contributed by atoms with E-state index in [2.05, 4.69) is 20.4 Å². The van der Waals surface area contributed by atoms with Crippen molar-refractivity contribution >= 4 is 29.0 Å². The summed E-state index contributed by atoms with van der Waals surface area (Å²) in [5.41, 5.74) is -1.28. The maximum Gasteiger partial charge on any atom is 0.418 e. The topological polar surface area (TPSA) is 61.4 Å². The number of aromatic nitrogens is 2. The van der Waals surface area contributed by atoms with Crippen molar-refractivity contribution in [2.45, 2.75) is 38.0 Å². The summed E-state index contributed by atoms with van der Waals surface area (Å²) in [6.07, 6.45) is -1.08. The van der Waals surface area contributed by atoms with Gasteiger partial charge in [0.1, 0.15) is 0 Å². The van der Waals surface area contributed by atoms with Crippen molar-refractivity contribution in [2.75, 3.05) is 30.4 Å². The summed E-state index contributed by atoms with van der Waals surface area (Å²) >= 11 is 5.70. The van der Waals surface area contributed by atoms with E-state index in [0.29, 0.717) is 6.54 Å². The van der Waals surface area contributed by atoms with Gasteiger partial charge >= 0.3 is 6.18 Å². The molecule has 1 aliphatic heterocycles. The molecule has 2 heterocycles. The molecule has 1 fully saturated rings. The molecule has 0 bridgehead atoms. The van der Waals surface area contributed by atoms with Crippen LogP contribution in [0.3, 0.4) is 0 Å². The van der Waals surface area contributed by atoms with Crippen molar-refractivity contribution in [3.8, 4) is 0 Å². The smallest absolute Gasteiger partial charge is 0.351 e. The van der Waals surface area contributed by atoms with Crippen LogP contribution in [0.2, 0.25) is 5.02 Å². The van der Waals surface area contributed by atoms with Gasteiger partial charge in [0, 0.05) is 30.4 Å². The number of nitrogens with zero attached hydrogens (tertiary/aromatic N) is 4. The first-order chi connectivity index (χ1) is 14.2. The molecule has 1 saturated heterocycles. The number of nitrogens with one attached hydrogen (secondary N) is 1. The molecule has 1 aromatic heterocycles. The highest BCUT2D eigenvalue weighted by Gasteiger charge is 2.35. The number of benzene rings is 1. The lowest BCUT2D eigenvalue weighted by atomic mass is 10.1. The van der Waals surface area contributed by atoms with Crippen molar-refractivity contribution in [3.05, 3.63) is 47.1 Å². The lowest BCUT2D eigenvalue weighted by Gasteiger charge is -2.31. The molecule has 162 valence electrons. The van der Waals surface area contributed by atoms with Crippen LogP contribution in [-0.2, 0) is 11.0 Å². The quantitative estimate of drug-likeness (QED) is 0.732. The van der Waals surface area contributed by atoms with Crippen LogP contribution in [0, 0.1) is 0 Å². The molecule has 2 unspecified atom stereocenters. The van der Waals surface area contributed by atoms with Crippen LogP contribution < -0.4 is 10.2 Å². The number of hydrogen-bond donors (Lipinski definition) is 1. The normalized spacial score (nSPS) is 18.0.